The van der Waals surface area contributed by atoms with E-state index in [2.05, 4.69) is 0 Å². The summed E-state index contributed by atoms with van der Waals surface area (Å²) >= 11 is -2.00. The van der Waals surface area contributed by atoms with E-state index in [1.54, 1.807) is 0 Å². The predicted molar refractivity (Wildman–Crippen MR) is 8.60 cm³/mol. The van der Waals surface area contributed by atoms with Gasteiger partial charge in [0.2, 0.25) is 0 Å². The van der Waals surface area contributed by atoms with Crippen LogP contribution in [0.1, 0.15) is 0 Å². The first-order valence-electron chi connectivity index (χ1n) is 0.408. The third-order valence-electron chi connectivity index (χ3n) is 0. The zero-order valence-electron chi connectivity index (χ0n) is 2.32. The molecule has 0 saturated heterocycles. The number of hydrogen-bond donors (Lipinski definition) is 0. The fourth-order valence-corrected chi connectivity index (χ4v) is 0. The van der Waals surface area contributed by atoms with Crippen molar-refractivity contribution in [3.05, 3.63) is 0 Å². The Morgan fingerprint density at radius 2 is 1.00 bits per heavy atom. The van der Waals surface area contributed by atoms with Crippen LogP contribution >= 0.6 is 0 Å². The molecule has 0 heterocycles. The summed E-state index contributed by atoms with van der Waals surface area (Å²) in [5.74, 6) is 0. The van der Waals surface area contributed by atoms with E-state index in [0.717, 1.165) is 0 Å². The van der Waals surface area contributed by atoms with Crippen LogP contribution in [0, 0.1) is 0 Å². The van der Waals surface area contributed by atoms with E-state index in [0.29, 0.717) is 0 Å². The molecular weight excluding hydrogens is 112 g/mol. The summed E-state index contributed by atoms with van der Waals surface area (Å²) in [6, 6.07) is 0. The average Bonchev–Trinajstić information content (AvgIpc) is 0.918. The summed E-state index contributed by atoms with van der Waals surface area (Å²) in [4.78, 5) is 0. The quantitative estimate of drug-likeness (QED) is 0.345. The van der Waals surface area contributed by atoms with E-state index in [1.165, 1.54) is 0 Å². The second-order valence-electron chi connectivity index (χ2n) is 0.0833. The van der Waals surface area contributed by atoms with Crippen LogP contribution in [0.2, 0.25) is 0 Å². The van der Waals surface area contributed by atoms with E-state index < -0.39 is 19.1 Å². The van der Waals surface area contributed by atoms with Crippen molar-refractivity contribution in [1.29, 1.82) is 0 Å². The van der Waals surface area contributed by atoms with Crippen molar-refractivity contribution in [1.82, 2.24) is 0 Å². The normalized spacial score (nSPS) is 1.60. The third kappa shape index (κ3) is 385. The van der Waals surface area contributed by atoms with Crippen LogP contribution in [0.25, 0.3) is 0 Å². The molecule has 0 aliphatic carbocycles. The molecule has 0 atom stereocenters. The molecule has 5 heavy (non-hydrogen) atoms. The summed E-state index contributed by atoms with van der Waals surface area (Å²) in [6.07, 6.45) is 0. The molecule has 0 aliphatic rings. The van der Waals surface area contributed by atoms with Gasteiger partial charge >= 0.3 is 25.7 Å². The third-order valence-corrected chi connectivity index (χ3v) is 0. The zero-order chi connectivity index (χ0) is 2.71. The molecule has 5 heteroatoms. The Balaban J connectivity index is -0.0000000200. The molecule has 4 nitrogen and oxygen atoms in total. The molecule has 0 spiro atoms. The van der Waals surface area contributed by atoms with Crippen molar-refractivity contribution in [3.8, 4) is 0 Å². The Kier molecular flexibility index (Phi) is 109. The minimum atomic E-state index is -2.00. The van der Waals surface area contributed by atoms with Gasteiger partial charge in [-0.2, -0.15) is 0 Å². The fourth-order valence-electron chi connectivity index (χ4n) is 0. The predicted octanol–water partition coefficient (Wildman–Crippen LogP) is -1.89. The van der Waals surface area contributed by atoms with Crippen LogP contribution in [-0.4, -0.2) is 11.0 Å². The van der Waals surface area contributed by atoms with E-state index in [-0.39, 0.29) is 11.0 Å². The molecule has 0 bridgehead atoms. The molecule has 4 N–H and O–H groups in total. The topological polar surface area (TPSA) is 97.1 Å². The van der Waals surface area contributed by atoms with Gasteiger partial charge in [-0.15, -0.1) is 0 Å². The molecule has 0 fully saturated rings. The Hall–Kier alpha value is 0.234. The molecule has 0 rings (SSSR count). The molecule has 32 valence electrons. The van der Waals surface area contributed by atoms with Gasteiger partial charge in [-0.1, -0.05) is 0 Å². The van der Waals surface area contributed by atoms with Crippen molar-refractivity contribution in [2.45, 2.75) is 0 Å². The summed E-state index contributed by atoms with van der Waals surface area (Å²) in [7, 11) is 0. The van der Waals surface area contributed by atoms with Gasteiger partial charge in [0.05, 0.1) is 0 Å². The summed E-state index contributed by atoms with van der Waals surface area (Å²) < 4.78 is 17.0. The van der Waals surface area contributed by atoms with Crippen molar-refractivity contribution in [2.24, 2.45) is 0 Å². The van der Waals surface area contributed by atoms with Crippen LogP contribution in [-0.2, 0) is 25.7 Å². The van der Waals surface area contributed by atoms with E-state index in [1.807, 2.05) is 0 Å². The SMILES string of the molecule is O.O.[O]=[Ti]=[O]. The molecule has 0 aromatic carbocycles. The van der Waals surface area contributed by atoms with Crippen LogP contribution < -0.4 is 0 Å². The van der Waals surface area contributed by atoms with Crippen molar-refractivity contribution in [3.63, 3.8) is 0 Å². The van der Waals surface area contributed by atoms with Crippen LogP contribution in [0.5, 0.6) is 0 Å². The van der Waals surface area contributed by atoms with Crippen molar-refractivity contribution >= 4 is 0 Å². The molecule has 0 aliphatic heterocycles. The maximum absolute atomic E-state index is 8.50. The van der Waals surface area contributed by atoms with E-state index in [9.17, 15) is 0 Å². The van der Waals surface area contributed by atoms with Gasteiger partial charge in [0.15, 0.2) is 0 Å². The van der Waals surface area contributed by atoms with Crippen LogP contribution in [0.4, 0.5) is 0 Å². The first-order valence-corrected chi connectivity index (χ1v) is 1.68. The molecule has 0 aromatic rings. The van der Waals surface area contributed by atoms with Gasteiger partial charge in [-0.3, -0.25) is 0 Å². The summed E-state index contributed by atoms with van der Waals surface area (Å²) in [5.41, 5.74) is 0. The van der Waals surface area contributed by atoms with Crippen LogP contribution in [0.3, 0.4) is 0 Å². The molecule has 0 saturated carbocycles. The Labute approximate surface area is 37.4 Å². The monoisotopic (exact) mass is 116 g/mol. The van der Waals surface area contributed by atoms with E-state index >= 15 is 0 Å². The van der Waals surface area contributed by atoms with Gasteiger partial charge < -0.3 is 11.0 Å². The van der Waals surface area contributed by atoms with Gasteiger partial charge in [0, 0.05) is 0 Å². The average molecular weight is 116 g/mol. The molecule has 0 aromatic heterocycles. The Morgan fingerprint density at radius 3 is 1.00 bits per heavy atom. The summed E-state index contributed by atoms with van der Waals surface area (Å²) in [6.45, 7) is 0. The molecule has 0 radical (unpaired) electrons. The van der Waals surface area contributed by atoms with Gasteiger partial charge in [0.25, 0.3) is 0 Å². The Morgan fingerprint density at radius 1 is 1.00 bits per heavy atom. The number of hydrogen-bond acceptors (Lipinski definition) is 2. The Bertz CT molecular complexity index is 24.6. The van der Waals surface area contributed by atoms with Gasteiger partial charge in [-0.25, -0.2) is 0 Å². The van der Waals surface area contributed by atoms with Crippen molar-refractivity contribution < 1.29 is 36.7 Å². The zero-order valence-corrected chi connectivity index (χ0v) is 3.88. The van der Waals surface area contributed by atoms with Crippen molar-refractivity contribution in [2.75, 3.05) is 0 Å². The standard InChI is InChI=1S/2H2O.2O.Ti/h2*1H2;;;. The summed E-state index contributed by atoms with van der Waals surface area (Å²) in [5, 5.41) is 0. The second-order valence-corrected chi connectivity index (χ2v) is 0.344. The van der Waals surface area contributed by atoms with Crippen LogP contribution in [0.15, 0.2) is 0 Å². The number of rotatable bonds is 0. The second kappa shape index (κ2) is 29.1. The van der Waals surface area contributed by atoms with E-state index in [4.69, 9.17) is 6.65 Å². The molecular formula is H4O4Ti. The maximum atomic E-state index is 8.50. The molecule has 0 amide bonds. The molecule has 0 unspecified atom stereocenters. The first-order chi connectivity index (χ1) is 1.41. The van der Waals surface area contributed by atoms with Gasteiger partial charge in [0.1, 0.15) is 0 Å². The fraction of sp³-hybridized carbons (Fsp3) is 0. The van der Waals surface area contributed by atoms with Gasteiger partial charge in [-0.05, 0) is 0 Å². The first kappa shape index (κ1) is 18.8. The minimum absolute atomic E-state index is 0.